The zero-order valence-corrected chi connectivity index (χ0v) is 6.96. The van der Waals surface area contributed by atoms with Gasteiger partial charge in [-0.05, 0) is 11.4 Å². The van der Waals surface area contributed by atoms with Gasteiger partial charge in [-0.2, -0.15) is 11.3 Å². The van der Waals surface area contributed by atoms with Gasteiger partial charge >= 0.3 is 0 Å². The third-order valence-electron chi connectivity index (χ3n) is 0.810. The summed E-state index contributed by atoms with van der Waals surface area (Å²) in [4.78, 5) is 0. The first-order chi connectivity index (χ1) is 4.43. The third kappa shape index (κ3) is 3.14. The summed E-state index contributed by atoms with van der Waals surface area (Å²) in [5, 5.41) is 7.13. The summed E-state index contributed by atoms with van der Waals surface area (Å²) >= 11 is 1.70. The average Bonchev–Trinajstić information content (AvgIpc) is 2.43. The van der Waals surface area contributed by atoms with Crippen molar-refractivity contribution in [3.05, 3.63) is 16.8 Å². The van der Waals surface area contributed by atoms with Crippen LogP contribution in [0.3, 0.4) is 0 Å². The summed E-state index contributed by atoms with van der Waals surface area (Å²) in [6, 6.07) is 2.05. The van der Waals surface area contributed by atoms with Crippen LogP contribution >= 0.6 is 11.3 Å². The molecule has 0 bridgehead atoms. The highest BCUT2D eigenvalue weighted by Gasteiger charge is 1.80. The first-order valence-corrected chi connectivity index (χ1v) is 4.07. The zero-order chi connectivity index (χ0) is 7.11. The van der Waals surface area contributed by atoms with Gasteiger partial charge in [0.15, 0.2) is 0 Å². The third-order valence-corrected chi connectivity index (χ3v) is 1.49. The lowest BCUT2D eigenvalue weighted by Crippen LogP contribution is -1.81. The van der Waals surface area contributed by atoms with E-state index >= 15 is 0 Å². The highest BCUT2D eigenvalue weighted by atomic mass is 32.1. The van der Waals surface area contributed by atoms with Crippen LogP contribution in [0.4, 0.5) is 5.69 Å². The molecule has 0 fully saturated rings. The standard InChI is InChI=1S/C5H7NS.C2H6.H2/c1-6-5-2-3-7-4-5;1-2;/h2-4,6H,1H3;1-2H3;1H. The van der Waals surface area contributed by atoms with E-state index < -0.39 is 0 Å². The summed E-state index contributed by atoms with van der Waals surface area (Å²) < 4.78 is 0. The Labute approximate surface area is 62.2 Å². The summed E-state index contributed by atoms with van der Waals surface area (Å²) in [5.74, 6) is 0. The van der Waals surface area contributed by atoms with Crippen LogP contribution < -0.4 is 5.32 Å². The molecule has 0 amide bonds. The maximum atomic E-state index is 3.02. The molecule has 0 aliphatic carbocycles. The average molecular weight is 145 g/mol. The molecule has 0 unspecified atom stereocenters. The van der Waals surface area contributed by atoms with Crippen LogP contribution in [0.15, 0.2) is 16.8 Å². The molecule has 54 valence electrons. The lowest BCUT2D eigenvalue weighted by molar-refractivity contribution is 1.50. The fraction of sp³-hybridized carbons (Fsp3) is 0.429. The second-order valence-corrected chi connectivity index (χ2v) is 2.04. The Bertz CT molecular complexity index is 128. The first kappa shape index (κ1) is 8.50. The molecule has 1 aromatic heterocycles. The van der Waals surface area contributed by atoms with Crippen LogP contribution in [0.1, 0.15) is 15.3 Å². The van der Waals surface area contributed by atoms with Gasteiger partial charge in [0.2, 0.25) is 0 Å². The Balaban J connectivity index is 0. The van der Waals surface area contributed by atoms with Gasteiger partial charge in [0.05, 0.1) is 0 Å². The van der Waals surface area contributed by atoms with Gasteiger partial charge in [0, 0.05) is 19.5 Å². The van der Waals surface area contributed by atoms with Crippen molar-refractivity contribution in [1.29, 1.82) is 0 Å². The number of rotatable bonds is 1. The van der Waals surface area contributed by atoms with E-state index in [9.17, 15) is 0 Å². The molecule has 1 heterocycles. The fourth-order valence-corrected chi connectivity index (χ4v) is 1.05. The van der Waals surface area contributed by atoms with E-state index in [1.165, 1.54) is 5.69 Å². The molecule has 2 heteroatoms. The second-order valence-electron chi connectivity index (χ2n) is 1.26. The molecule has 0 saturated heterocycles. The van der Waals surface area contributed by atoms with Crippen molar-refractivity contribution >= 4 is 17.0 Å². The minimum absolute atomic E-state index is 0. The van der Waals surface area contributed by atoms with E-state index in [2.05, 4.69) is 10.7 Å². The van der Waals surface area contributed by atoms with Crippen LogP contribution in [-0.2, 0) is 0 Å². The Morgan fingerprint density at radius 1 is 1.56 bits per heavy atom. The minimum Gasteiger partial charge on any atom is -0.387 e. The van der Waals surface area contributed by atoms with E-state index in [-0.39, 0.29) is 1.43 Å². The molecule has 9 heavy (non-hydrogen) atoms. The van der Waals surface area contributed by atoms with Gasteiger partial charge < -0.3 is 5.32 Å². The van der Waals surface area contributed by atoms with Crippen molar-refractivity contribution in [2.45, 2.75) is 13.8 Å². The summed E-state index contributed by atoms with van der Waals surface area (Å²) in [6.07, 6.45) is 0. The van der Waals surface area contributed by atoms with Crippen LogP contribution in [0, 0.1) is 0 Å². The predicted octanol–water partition coefficient (Wildman–Crippen LogP) is 3.06. The molecular weight excluding hydrogens is 130 g/mol. The Hall–Kier alpha value is -0.500. The molecular formula is C7H15NS. The quantitative estimate of drug-likeness (QED) is 0.640. The van der Waals surface area contributed by atoms with E-state index in [1.54, 1.807) is 11.3 Å². The molecule has 1 aromatic rings. The lowest BCUT2D eigenvalue weighted by atomic mass is 10.5. The number of thiophene rings is 1. The molecule has 1 nitrogen and oxygen atoms in total. The van der Waals surface area contributed by atoms with Crippen molar-refractivity contribution in [2.24, 2.45) is 0 Å². The largest absolute Gasteiger partial charge is 0.387 e. The maximum absolute atomic E-state index is 3.02. The number of hydrogen-bond acceptors (Lipinski definition) is 2. The topological polar surface area (TPSA) is 12.0 Å². The maximum Gasteiger partial charge on any atom is 0.0446 e. The van der Waals surface area contributed by atoms with Crippen molar-refractivity contribution < 1.29 is 1.43 Å². The van der Waals surface area contributed by atoms with E-state index in [0.29, 0.717) is 0 Å². The monoisotopic (exact) mass is 145 g/mol. The van der Waals surface area contributed by atoms with Gasteiger partial charge in [-0.25, -0.2) is 0 Å². The molecule has 0 aromatic carbocycles. The van der Waals surface area contributed by atoms with Gasteiger partial charge in [-0.1, -0.05) is 13.8 Å². The van der Waals surface area contributed by atoms with Gasteiger partial charge in [0.1, 0.15) is 0 Å². The molecule has 0 aliphatic rings. The molecule has 0 spiro atoms. The highest BCUT2D eigenvalue weighted by Crippen LogP contribution is 2.09. The Kier molecular flexibility index (Phi) is 5.32. The molecule has 1 rings (SSSR count). The van der Waals surface area contributed by atoms with Gasteiger partial charge in [-0.15, -0.1) is 0 Å². The molecule has 0 atom stereocenters. The number of nitrogens with one attached hydrogen (secondary N) is 1. The van der Waals surface area contributed by atoms with Crippen molar-refractivity contribution in [2.75, 3.05) is 12.4 Å². The summed E-state index contributed by atoms with van der Waals surface area (Å²) in [6.45, 7) is 4.00. The van der Waals surface area contributed by atoms with E-state index in [1.807, 2.05) is 32.3 Å². The SMILES string of the molecule is CC.CNc1ccsc1.[HH]. The van der Waals surface area contributed by atoms with Crippen LogP contribution in [0.25, 0.3) is 0 Å². The van der Waals surface area contributed by atoms with E-state index in [0.717, 1.165) is 0 Å². The summed E-state index contributed by atoms with van der Waals surface area (Å²) in [5.41, 5.74) is 1.20. The molecule has 1 N–H and O–H groups in total. The minimum atomic E-state index is 0. The van der Waals surface area contributed by atoms with E-state index in [4.69, 9.17) is 0 Å². The van der Waals surface area contributed by atoms with Crippen molar-refractivity contribution in [1.82, 2.24) is 0 Å². The van der Waals surface area contributed by atoms with Crippen LogP contribution in [0.2, 0.25) is 0 Å². The molecule has 0 aliphatic heterocycles. The molecule has 0 saturated carbocycles. The Morgan fingerprint density at radius 2 is 2.22 bits per heavy atom. The zero-order valence-electron chi connectivity index (χ0n) is 6.14. The highest BCUT2D eigenvalue weighted by molar-refractivity contribution is 7.08. The van der Waals surface area contributed by atoms with Crippen molar-refractivity contribution in [3.8, 4) is 0 Å². The van der Waals surface area contributed by atoms with Crippen LogP contribution in [0.5, 0.6) is 0 Å². The first-order valence-electron chi connectivity index (χ1n) is 3.13. The Morgan fingerprint density at radius 3 is 2.44 bits per heavy atom. The van der Waals surface area contributed by atoms with Gasteiger partial charge in [-0.3, -0.25) is 0 Å². The second kappa shape index (κ2) is 5.63. The summed E-state index contributed by atoms with van der Waals surface area (Å²) in [7, 11) is 1.92. The van der Waals surface area contributed by atoms with Crippen LogP contribution in [-0.4, -0.2) is 7.05 Å². The molecule has 0 radical (unpaired) electrons. The smallest absolute Gasteiger partial charge is 0.0446 e. The van der Waals surface area contributed by atoms with Gasteiger partial charge in [0.25, 0.3) is 0 Å². The number of anilines is 1. The van der Waals surface area contributed by atoms with Crippen molar-refractivity contribution in [3.63, 3.8) is 0 Å². The lowest BCUT2D eigenvalue weighted by Gasteiger charge is -1.86. The number of hydrogen-bond donors (Lipinski definition) is 1. The predicted molar refractivity (Wildman–Crippen MR) is 47.3 cm³/mol. The fourth-order valence-electron chi connectivity index (χ4n) is 0.407. The normalized spacial score (nSPS) is 7.44.